The lowest BCUT2D eigenvalue weighted by Crippen LogP contribution is -2.37. The maximum Gasteiger partial charge on any atom is 0.229 e. The molecule has 1 aromatic carbocycles. The van der Waals surface area contributed by atoms with Gasteiger partial charge in [-0.05, 0) is 31.0 Å². The first kappa shape index (κ1) is 14.5. The van der Waals surface area contributed by atoms with Crippen molar-refractivity contribution in [3.8, 4) is 0 Å². The topological polar surface area (TPSA) is 55.1 Å². The average molecular weight is 329 g/mol. The van der Waals surface area contributed by atoms with Crippen molar-refractivity contribution < 1.29 is 9.18 Å². The summed E-state index contributed by atoms with van der Waals surface area (Å²) >= 11 is 3.19. The lowest BCUT2D eigenvalue weighted by atomic mass is 9.94. The Bertz CT molecular complexity index is 467. The predicted molar refractivity (Wildman–Crippen MR) is 77.3 cm³/mol. The number of carbonyl (C=O) groups excluding carboxylic acids is 1. The fourth-order valence-electron chi connectivity index (χ4n) is 2.48. The van der Waals surface area contributed by atoms with Crippen LogP contribution < -0.4 is 11.1 Å². The van der Waals surface area contributed by atoms with Gasteiger partial charge in [-0.15, -0.1) is 0 Å². The zero-order chi connectivity index (χ0) is 13.8. The number of halogens is 2. The molecule has 0 heterocycles. The third-order valence-corrected chi connectivity index (χ3v) is 4.09. The molecule has 19 heavy (non-hydrogen) atoms. The second-order valence-corrected chi connectivity index (χ2v) is 5.94. The molecule has 0 radical (unpaired) electrons. The van der Waals surface area contributed by atoms with E-state index >= 15 is 0 Å². The summed E-state index contributed by atoms with van der Waals surface area (Å²) in [4.78, 5) is 12.2. The van der Waals surface area contributed by atoms with E-state index in [1.807, 2.05) is 0 Å². The van der Waals surface area contributed by atoms with Gasteiger partial charge in [0.05, 0.1) is 11.6 Å². The number of amides is 1. The van der Waals surface area contributed by atoms with Crippen molar-refractivity contribution in [3.05, 3.63) is 28.5 Å². The summed E-state index contributed by atoms with van der Waals surface area (Å²) in [6, 6.07) is 4.47. The van der Waals surface area contributed by atoms with Crippen molar-refractivity contribution in [2.75, 3.05) is 5.32 Å². The molecule has 0 aliphatic heterocycles. The Hall–Kier alpha value is -0.940. The highest BCUT2D eigenvalue weighted by atomic mass is 79.9. The second-order valence-electron chi connectivity index (χ2n) is 5.02. The monoisotopic (exact) mass is 328 g/mol. The van der Waals surface area contributed by atoms with Gasteiger partial charge in [0, 0.05) is 10.5 Å². The van der Waals surface area contributed by atoms with E-state index in [2.05, 4.69) is 21.2 Å². The van der Waals surface area contributed by atoms with Crippen molar-refractivity contribution in [2.24, 2.45) is 11.7 Å². The fourth-order valence-corrected chi connectivity index (χ4v) is 2.81. The van der Waals surface area contributed by atoms with Crippen molar-refractivity contribution in [3.63, 3.8) is 0 Å². The summed E-state index contributed by atoms with van der Waals surface area (Å²) in [6.07, 6.45) is 4.84. The molecule has 0 spiro atoms. The number of benzene rings is 1. The Kier molecular flexibility index (Phi) is 4.93. The molecule has 1 aliphatic rings. The van der Waals surface area contributed by atoms with Gasteiger partial charge >= 0.3 is 0 Å². The molecule has 3 nitrogen and oxygen atoms in total. The maximum atomic E-state index is 13.7. The van der Waals surface area contributed by atoms with Crippen molar-refractivity contribution in [2.45, 2.75) is 38.1 Å². The van der Waals surface area contributed by atoms with Crippen LogP contribution in [0.3, 0.4) is 0 Å². The van der Waals surface area contributed by atoms with Crippen molar-refractivity contribution in [1.29, 1.82) is 0 Å². The molecule has 2 rings (SSSR count). The highest BCUT2D eigenvalue weighted by Crippen LogP contribution is 2.25. The van der Waals surface area contributed by atoms with Crippen LogP contribution in [0.25, 0.3) is 0 Å². The molecule has 1 saturated carbocycles. The number of rotatable bonds is 2. The van der Waals surface area contributed by atoms with Crippen LogP contribution in [0, 0.1) is 11.7 Å². The van der Waals surface area contributed by atoms with Gasteiger partial charge in [-0.25, -0.2) is 4.39 Å². The van der Waals surface area contributed by atoms with E-state index in [1.165, 1.54) is 6.07 Å². The van der Waals surface area contributed by atoms with E-state index in [4.69, 9.17) is 5.73 Å². The molecular weight excluding hydrogens is 311 g/mol. The molecule has 1 amide bonds. The SMILES string of the molecule is NC1CCCCCC1C(=O)Nc1ccc(Br)cc1F. The molecule has 2 atom stereocenters. The first-order chi connectivity index (χ1) is 9.08. The summed E-state index contributed by atoms with van der Waals surface area (Å²) in [7, 11) is 0. The molecular formula is C14H18BrFN2O. The Labute approximate surface area is 120 Å². The summed E-state index contributed by atoms with van der Waals surface area (Å²) in [5, 5.41) is 2.65. The molecule has 3 N–H and O–H groups in total. The molecule has 1 aliphatic carbocycles. The van der Waals surface area contributed by atoms with Crippen LogP contribution in [0.4, 0.5) is 10.1 Å². The van der Waals surface area contributed by atoms with Gasteiger partial charge in [0.25, 0.3) is 0 Å². The number of nitrogens with one attached hydrogen (secondary N) is 1. The lowest BCUT2D eigenvalue weighted by molar-refractivity contribution is -0.120. The van der Waals surface area contributed by atoms with Gasteiger partial charge in [-0.1, -0.05) is 35.2 Å². The van der Waals surface area contributed by atoms with E-state index in [-0.39, 0.29) is 23.6 Å². The van der Waals surface area contributed by atoms with Crippen LogP contribution >= 0.6 is 15.9 Å². The van der Waals surface area contributed by atoms with E-state index in [1.54, 1.807) is 12.1 Å². The Balaban J connectivity index is 2.07. The summed E-state index contributed by atoms with van der Waals surface area (Å²) in [5.41, 5.74) is 6.25. The van der Waals surface area contributed by atoms with E-state index in [0.717, 1.165) is 32.1 Å². The minimum Gasteiger partial charge on any atom is -0.327 e. The third-order valence-electron chi connectivity index (χ3n) is 3.60. The molecule has 1 fully saturated rings. The smallest absolute Gasteiger partial charge is 0.229 e. The van der Waals surface area contributed by atoms with Gasteiger partial charge in [-0.2, -0.15) is 0 Å². The highest BCUT2D eigenvalue weighted by Gasteiger charge is 2.27. The summed E-state index contributed by atoms with van der Waals surface area (Å²) in [6.45, 7) is 0. The summed E-state index contributed by atoms with van der Waals surface area (Å²) < 4.78 is 14.3. The maximum absolute atomic E-state index is 13.7. The largest absolute Gasteiger partial charge is 0.327 e. The highest BCUT2D eigenvalue weighted by molar-refractivity contribution is 9.10. The van der Waals surface area contributed by atoms with Crippen LogP contribution in [0.15, 0.2) is 22.7 Å². The zero-order valence-corrected chi connectivity index (χ0v) is 12.2. The van der Waals surface area contributed by atoms with Crippen molar-refractivity contribution >= 4 is 27.5 Å². The Morgan fingerprint density at radius 1 is 1.32 bits per heavy atom. The van der Waals surface area contributed by atoms with E-state index in [0.29, 0.717) is 4.47 Å². The minimum atomic E-state index is -0.440. The Morgan fingerprint density at radius 3 is 2.79 bits per heavy atom. The van der Waals surface area contributed by atoms with E-state index < -0.39 is 5.82 Å². The molecule has 0 bridgehead atoms. The Morgan fingerprint density at radius 2 is 2.05 bits per heavy atom. The van der Waals surface area contributed by atoms with Crippen LogP contribution in [-0.4, -0.2) is 11.9 Å². The fraction of sp³-hybridized carbons (Fsp3) is 0.500. The van der Waals surface area contributed by atoms with Crippen molar-refractivity contribution in [1.82, 2.24) is 0 Å². The number of hydrogen-bond acceptors (Lipinski definition) is 2. The van der Waals surface area contributed by atoms with Gasteiger partial charge in [-0.3, -0.25) is 4.79 Å². The van der Waals surface area contributed by atoms with E-state index in [9.17, 15) is 9.18 Å². The quantitative estimate of drug-likeness (QED) is 0.817. The lowest BCUT2D eigenvalue weighted by Gasteiger charge is -2.20. The predicted octanol–water partition coefficient (Wildman–Crippen LogP) is 3.43. The van der Waals surface area contributed by atoms with Gasteiger partial charge in [0.1, 0.15) is 5.82 Å². The van der Waals surface area contributed by atoms with Crippen LogP contribution in [0.5, 0.6) is 0 Å². The molecule has 5 heteroatoms. The second kappa shape index (κ2) is 6.48. The first-order valence-electron chi connectivity index (χ1n) is 6.59. The van der Waals surface area contributed by atoms with Crippen LogP contribution in [-0.2, 0) is 4.79 Å². The number of nitrogens with two attached hydrogens (primary N) is 1. The standard InChI is InChI=1S/C14H18BrFN2O/c15-9-6-7-13(11(16)8-9)18-14(19)10-4-2-1-3-5-12(10)17/h6-8,10,12H,1-5,17H2,(H,18,19). The molecule has 104 valence electrons. The number of anilines is 1. The van der Waals surface area contributed by atoms with Crippen LogP contribution in [0.2, 0.25) is 0 Å². The third kappa shape index (κ3) is 3.76. The normalized spacial score (nSPS) is 23.7. The first-order valence-corrected chi connectivity index (χ1v) is 7.38. The van der Waals surface area contributed by atoms with Gasteiger partial charge < -0.3 is 11.1 Å². The molecule has 1 aromatic rings. The zero-order valence-electron chi connectivity index (χ0n) is 10.7. The minimum absolute atomic E-state index is 0.124. The van der Waals surface area contributed by atoms with Gasteiger partial charge in [0.2, 0.25) is 5.91 Å². The molecule has 2 unspecified atom stereocenters. The van der Waals surface area contributed by atoms with Gasteiger partial charge in [0.15, 0.2) is 0 Å². The number of carbonyl (C=O) groups is 1. The van der Waals surface area contributed by atoms with Crippen LogP contribution in [0.1, 0.15) is 32.1 Å². The number of hydrogen-bond donors (Lipinski definition) is 2. The molecule has 0 aromatic heterocycles. The average Bonchev–Trinajstić information content (AvgIpc) is 2.57. The molecule has 0 saturated heterocycles. The summed E-state index contributed by atoms with van der Waals surface area (Å²) in [5.74, 6) is -0.828.